The van der Waals surface area contributed by atoms with Crippen molar-refractivity contribution in [1.82, 2.24) is 10.4 Å². The molecule has 4 nitrogen and oxygen atoms in total. The molecule has 2 N–H and O–H groups in total. The van der Waals surface area contributed by atoms with Gasteiger partial charge in [-0.05, 0) is 25.8 Å². The number of hydrogen-bond donors (Lipinski definition) is 2. The van der Waals surface area contributed by atoms with E-state index in [1.54, 1.807) is 0 Å². The summed E-state index contributed by atoms with van der Waals surface area (Å²) < 4.78 is 0. The van der Waals surface area contributed by atoms with Crippen LogP contribution in [-0.2, 0) is 4.84 Å². The molecule has 0 aromatic carbocycles. The topological polar surface area (TPSA) is 44.5 Å². The summed E-state index contributed by atoms with van der Waals surface area (Å²) in [4.78, 5) is 7.21. The summed E-state index contributed by atoms with van der Waals surface area (Å²) in [6, 6.07) is 0. The van der Waals surface area contributed by atoms with Gasteiger partial charge in [0.15, 0.2) is 0 Å². The number of hydrogen-bond acceptors (Lipinski definition) is 4. The summed E-state index contributed by atoms with van der Waals surface area (Å²) in [6.45, 7) is 4.06. The van der Waals surface area contributed by atoms with E-state index in [0.29, 0.717) is 0 Å². The lowest BCUT2D eigenvalue weighted by Crippen LogP contribution is -2.27. The molecule has 0 aliphatic carbocycles. The molecular formula is C19H40N2O2. The number of aliphatic hydroxyl groups excluding tert-OH is 1. The molecule has 0 bridgehead atoms. The summed E-state index contributed by atoms with van der Waals surface area (Å²) in [5.74, 6) is 0. The van der Waals surface area contributed by atoms with Crippen LogP contribution < -0.4 is 5.48 Å². The van der Waals surface area contributed by atoms with Gasteiger partial charge in [-0.25, -0.2) is 0 Å². The minimum atomic E-state index is -0.508. The predicted octanol–water partition coefficient (Wildman–Crippen LogP) is 4.23. The Hall–Kier alpha value is -0.160. The highest BCUT2D eigenvalue weighted by Gasteiger charge is 2.14. The molecule has 1 heterocycles. The number of unbranched alkanes of at least 4 members (excludes halogenated alkanes) is 12. The number of rotatable bonds is 18. The van der Waals surface area contributed by atoms with Crippen LogP contribution in [0.2, 0.25) is 0 Å². The van der Waals surface area contributed by atoms with E-state index in [2.05, 4.69) is 15.2 Å². The molecule has 0 radical (unpaired) electrons. The van der Waals surface area contributed by atoms with Crippen LogP contribution in [0, 0.1) is 0 Å². The van der Waals surface area contributed by atoms with E-state index < -0.39 is 6.23 Å². The van der Waals surface area contributed by atoms with Crippen molar-refractivity contribution in [2.75, 3.05) is 26.7 Å². The largest absolute Gasteiger partial charge is 0.377 e. The number of nitrogens with one attached hydrogen (secondary N) is 1. The molecule has 138 valence electrons. The highest BCUT2D eigenvalue weighted by molar-refractivity contribution is 4.71. The third-order valence-electron chi connectivity index (χ3n) is 4.75. The molecule has 0 amide bonds. The van der Waals surface area contributed by atoms with E-state index in [1.807, 2.05) is 0 Å². The third kappa shape index (κ3) is 15.1. The van der Waals surface area contributed by atoms with Crippen LogP contribution in [0.5, 0.6) is 0 Å². The van der Waals surface area contributed by atoms with Crippen molar-refractivity contribution in [1.29, 1.82) is 0 Å². The van der Waals surface area contributed by atoms with Gasteiger partial charge in [-0.2, -0.15) is 5.48 Å². The zero-order valence-electron chi connectivity index (χ0n) is 15.4. The van der Waals surface area contributed by atoms with Crippen molar-refractivity contribution < 1.29 is 9.94 Å². The van der Waals surface area contributed by atoms with Crippen molar-refractivity contribution in [3.63, 3.8) is 0 Å². The summed E-state index contributed by atoms with van der Waals surface area (Å²) in [7, 11) is 1.54. The third-order valence-corrected chi connectivity index (χ3v) is 4.75. The van der Waals surface area contributed by atoms with Crippen LogP contribution in [0.25, 0.3) is 0 Å². The van der Waals surface area contributed by atoms with Gasteiger partial charge in [0.05, 0.1) is 7.11 Å². The lowest BCUT2D eigenvalue weighted by atomic mass is 10.0. The lowest BCUT2D eigenvalue weighted by Gasteiger charge is -2.09. The zero-order valence-corrected chi connectivity index (χ0v) is 15.4. The van der Waals surface area contributed by atoms with Crippen molar-refractivity contribution in [3.8, 4) is 0 Å². The van der Waals surface area contributed by atoms with Gasteiger partial charge in [-0.3, -0.25) is 0 Å². The monoisotopic (exact) mass is 328 g/mol. The van der Waals surface area contributed by atoms with Crippen LogP contribution >= 0.6 is 0 Å². The maximum atomic E-state index is 9.43. The van der Waals surface area contributed by atoms with Gasteiger partial charge in [-0.15, -0.1) is 0 Å². The quantitative estimate of drug-likeness (QED) is 0.171. The molecule has 0 aromatic rings. The molecule has 1 fully saturated rings. The molecular weight excluding hydrogens is 288 g/mol. The molecule has 23 heavy (non-hydrogen) atoms. The Morgan fingerprint density at radius 3 is 1.65 bits per heavy atom. The Balaban J connectivity index is 1.63. The fraction of sp³-hybridized carbons (Fsp3) is 1.00. The smallest absolute Gasteiger partial charge is 0.127 e. The molecule has 1 aliphatic heterocycles. The Labute approximate surface area is 143 Å². The molecule has 4 heteroatoms. The van der Waals surface area contributed by atoms with Crippen LogP contribution in [0.15, 0.2) is 0 Å². The highest BCUT2D eigenvalue weighted by Crippen LogP contribution is 2.14. The van der Waals surface area contributed by atoms with Crippen LogP contribution in [-0.4, -0.2) is 43.0 Å². The summed E-state index contributed by atoms with van der Waals surface area (Å²) in [5, 5.41) is 9.43. The highest BCUT2D eigenvalue weighted by atomic mass is 16.7. The Bertz CT molecular complexity index is 248. The second-order valence-corrected chi connectivity index (χ2v) is 7.06. The van der Waals surface area contributed by atoms with E-state index in [4.69, 9.17) is 0 Å². The molecule has 0 saturated carbocycles. The molecule has 1 unspecified atom stereocenters. The van der Waals surface area contributed by atoms with Crippen molar-refractivity contribution in [3.05, 3.63) is 0 Å². The predicted molar refractivity (Wildman–Crippen MR) is 97.2 cm³/mol. The van der Waals surface area contributed by atoms with E-state index in [1.165, 1.54) is 104 Å². The number of aliphatic hydroxyl groups is 1. The van der Waals surface area contributed by atoms with Crippen LogP contribution in [0.4, 0.5) is 0 Å². The van der Waals surface area contributed by atoms with Gasteiger partial charge in [0.1, 0.15) is 6.23 Å². The molecule has 1 aliphatic rings. The number of nitrogens with zero attached hydrogens (tertiary/aromatic N) is 1. The van der Waals surface area contributed by atoms with Gasteiger partial charge >= 0.3 is 0 Å². The van der Waals surface area contributed by atoms with Crippen molar-refractivity contribution in [2.24, 2.45) is 0 Å². The average molecular weight is 329 g/mol. The number of hydroxylamine groups is 1. The second-order valence-electron chi connectivity index (χ2n) is 7.06. The van der Waals surface area contributed by atoms with Crippen LogP contribution in [0.1, 0.15) is 89.9 Å². The summed E-state index contributed by atoms with van der Waals surface area (Å²) in [6.07, 6.45) is 18.0. The summed E-state index contributed by atoms with van der Waals surface area (Å²) in [5.41, 5.74) is 2.55. The first-order valence-electron chi connectivity index (χ1n) is 10.0. The molecule has 1 saturated heterocycles. The normalized spacial score (nSPS) is 15.9. The van der Waals surface area contributed by atoms with Gasteiger partial charge in [-0.1, -0.05) is 70.6 Å². The first-order chi connectivity index (χ1) is 11.3. The molecule has 0 spiro atoms. The molecule has 1 atom stereocenters. The lowest BCUT2D eigenvalue weighted by molar-refractivity contribution is -0.0349. The minimum absolute atomic E-state index is 0.508. The first-order valence-corrected chi connectivity index (χ1v) is 10.0. The fourth-order valence-electron chi connectivity index (χ4n) is 3.11. The van der Waals surface area contributed by atoms with Gasteiger partial charge in [0.2, 0.25) is 0 Å². The van der Waals surface area contributed by atoms with E-state index in [9.17, 15) is 5.11 Å². The molecule has 1 rings (SSSR count). The SMILES string of the molecule is CONC(O)CCCCCCCCCCCCCCCN1CC1. The second kappa shape index (κ2) is 15.4. The van der Waals surface area contributed by atoms with Gasteiger partial charge in [0.25, 0.3) is 0 Å². The first kappa shape index (κ1) is 20.9. The zero-order chi connectivity index (χ0) is 16.6. The van der Waals surface area contributed by atoms with E-state index in [0.717, 1.165) is 12.8 Å². The fourth-order valence-corrected chi connectivity index (χ4v) is 3.11. The maximum absolute atomic E-state index is 9.43. The van der Waals surface area contributed by atoms with Gasteiger partial charge in [0, 0.05) is 13.1 Å². The Morgan fingerprint density at radius 2 is 1.22 bits per heavy atom. The Kier molecular flexibility index (Phi) is 14.0. The standard InChI is InChI=1S/C19H40N2O2/c1-23-20-19(22)15-13-11-9-7-5-3-2-4-6-8-10-12-14-16-21-17-18-21/h19-20,22H,2-18H2,1H3. The molecule has 0 aromatic heterocycles. The average Bonchev–Trinajstić information content (AvgIpc) is 3.35. The van der Waals surface area contributed by atoms with Gasteiger partial charge < -0.3 is 14.8 Å². The van der Waals surface area contributed by atoms with E-state index in [-0.39, 0.29) is 0 Å². The van der Waals surface area contributed by atoms with Crippen molar-refractivity contribution in [2.45, 2.75) is 96.1 Å². The maximum Gasteiger partial charge on any atom is 0.127 e. The minimum Gasteiger partial charge on any atom is -0.377 e. The summed E-state index contributed by atoms with van der Waals surface area (Å²) >= 11 is 0. The van der Waals surface area contributed by atoms with Crippen molar-refractivity contribution >= 4 is 0 Å². The Morgan fingerprint density at radius 1 is 0.783 bits per heavy atom. The van der Waals surface area contributed by atoms with E-state index >= 15 is 0 Å². The van der Waals surface area contributed by atoms with Crippen LogP contribution in [0.3, 0.4) is 0 Å².